The van der Waals surface area contributed by atoms with Crippen molar-refractivity contribution < 1.29 is 4.74 Å². The molecule has 0 radical (unpaired) electrons. The summed E-state index contributed by atoms with van der Waals surface area (Å²) >= 11 is 0. The van der Waals surface area contributed by atoms with Crippen LogP contribution >= 0.6 is 0 Å². The second kappa shape index (κ2) is 9.09. The summed E-state index contributed by atoms with van der Waals surface area (Å²) in [5.74, 6) is 1.36. The summed E-state index contributed by atoms with van der Waals surface area (Å²) in [5, 5.41) is 11.7. The van der Waals surface area contributed by atoms with E-state index in [9.17, 15) is 0 Å². The molecule has 154 valence electrons. The Morgan fingerprint density at radius 3 is 2.68 bits per heavy atom. The van der Waals surface area contributed by atoms with Gasteiger partial charge in [-0.2, -0.15) is 5.10 Å². The number of hydrogen-bond acceptors (Lipinski definition) is 5. The van der Waals surface area contributed by atoms with E-state index in [2.05, 4.69) is 50.3 Å². The summed E-state index contributed by atoms with van der Waals surface area (Å²) in [6, 6.07) is 16.2. The monoisotopic (exact) mass is 409 g/mol. The van der Waals surface area contributed by atoms with E-state index in [0.29, 0.717) is 17.2 Å². The SMILES string of the molecule is C=C/C=C\C(=C/C)c1[nH]nc2ncnc(Nc3cc(-c4ccccc4)ccc3OC)c12. The predicted octanol–water partition coefficient (Wildman–Crippen LogP) is 5.92. The Kier molecular flexibility index (Phi) is 5.89. The third-order valence-electron chi connectivity index (χ3n) is 4.92. The van der Waals surface area contributed by atoms with Crippen molar-refractivity contribution in [2.45, 2.75) is 6.92 Å². The second-order valence-corrected chi connectivity index (χ2v) is 6.76. The first kappa shape index (κ1) is 20.1. The number of nitrogens with one attached hydrogen (secondary N) is 2. The maximum Gasteiger partial charge on any atom is 0.186 e. The van der Waals surface area contributed by atoms with Gasteiger partial charge in [0.05, 0.1) is 23.9 Å². The fourth-order valence-corrected chi connectivity index (χ4v) is 3.40. The summed E-state index contributed by atoms with van der Waals surface area (Å²) in [5.41, 5.74) is 5.37. The van der Waals surface area contributed by atoms with Crippen molar-refractivity contribution in [3.63, 3.8) is 0 Å². The molecule has 0 aliphatic rings. The average molecular weight is 409 g/mol. The number of allylic oxidation sites excluding steroid dienone is 5. The van der Waals surface area contributed by atoms with Crippen molar-refractivity contribution in [1.29, 1.82) is 0 Å². The Labute approximate surface area is 181 Å². The molecule has 6 nitrogen and oxygen atoms in total. The topological polar surface area (TPSA) is 75.7 Å². The van der Waals surface area contributed by atoms with Crippen molar-refractivity contribution in [2.24, 2.45) is 0 Å². The first-order valence-corrected chi connectivity index (χ1v) is 9.90. The Morgan fingerprint density at radius 1 is 1.10 bits per heavy atom. The number of benzene rings is 2. The summed E-state index contributed by atoms with van der Waals surface area (Å²) in [4.78, 5) is 8.81. The van der Waals surface area contributed by atoms with Gasteiger partial charge in [-0.3, -0.25) is 5.10 Å². The highest BCUT2D eigenvalue weighted by Crippen LogP contribution is 2.35. The number of aromatic nitrogens is 4. The van der Waals surface area contributed by atoms with E-state index in [1.165, 1.54) is 6.33 Å². The zero-order valence-corrected chi connectivity index (χ0v) is 17.5. The Morgan fingerprint density at radius 2 is 1.94 bits per heavy atom. The number of ether oxygens (including phenoxy) is 1. The number of H-pyrrole nitrogens is 1. The van der Waals surface area contributed by atoms with Crippen LogP contribution in [0.1, 0.15) is 12.6 Å². The van der Waals surface area contributed by atoms with Gasteiger partial charge in [0.1, 0.15) is 17.9 Å². The van der Waals surface area contributed by atoms with Gasteiger partial charge < -0.3 is 10.1 Å². The molecule has 0 bridgehead atoms. The van der Waals surface area contributed by atoms with Gasteiger partial charge in [-0.25, -0.2) is 9.97 Å². The van der Waals surface area contributed by atoms with Crippen molar-refractivity contribution in [2.75, 3.05) is 12.4 Å². The average Bonchev–Trinajstić information content (AvgIpc) is 3.25. The molecule has 0 fully saturated rings. The van der Waals surface area contributed by atoms with Gasteiger partial charge in [0, 0.05) is 0 Å². The van der Waals surface area contributed by atoms with Crippen LogP contribution in [-0.2, 0) is 0 Å². The van der Waals surface area contributed by atoms with E-state index < -0.39 is 0 Å². The van der Waals surface area contributed by atoms with Crippen LogP contribution in [0.4, 0.5) is 11.5 Å². The summed E-state index contributed by atoms with van der Waals surface area (Å²) < 4.78 is 5.59. The molecule has 0 amide bonds. The zero-order chi connectivity index (χ0) is 21.6. The number of anilines is 2. The number of fused-ring (bicyclic) bond motifs is 1. The van der Waals surface area contributed by atoms with Crippen LogP contribution in [0.3, 0.4) is 0 Å². The Balaban J connectivity index is 1.81. The minimum absolute atomic E-state index is 0.581. The first-order valence-electron chi connectivity index (χ1n) is 9.90. The Bertz CT molecular complexity index is 1270. The summed E-state index contributed by atoms with van der Waals surface area (Å²) in [7, 11) is 1.65. The van der Waals surface area contributed by atoms with Gasteiger partial charge in [-0.1, -0.05) is 67.3 Å². The van der Waals surface area contributed by atoms with E-state index >= 15 is 0 Å². The molecule has 0 saturated heterocycles. The molecule has 0 saturated carbocycles. The van der Waals surface area contributed by atoms with E-state index in [4.69, 9.17) is 4.74 Å². The third kappa shape index (κ3) is 4.09. The zero-order valence-electron chi connectivity index (χ0n) is 17.5. The fourth-order valence-electron chi connectivity index (χ4n) is 3.40. The lowest BCUT2D eigenvalue weighted by atomic mass is 10.0. The molecular formula is C25H23N5O. The second-order valence-electron chi connectivity index (χ2n) is 6.76. The van der Waals surface area contributed by atoms with E-state index in [-0.39, 0.29) is 0 Å². The van der Waals surface area contributed by atoms with Gasteiger partial charge in [-0.15, -0.1) is 0 Å². The number of methoxy groups -OCH3 is 1. The molecule has 0 spiro atoms. The molecule has 0 unspecified atom stereocenters. The van der Waals surface area contributed by atoms with Gasteiger partial charge >= 0.3 is 0 Å². The van der Waals surface area contributed by atoms with Crippen LogP contribution in [0.5, 0.6) is 5.75 Å². The molecule has 6 heteroatoms. The van der Waals surface area contributed by atoms with Gasteiger partial charge in [0.15, 0.2) is 5.65 Å². The van der Waals surface area contributed by atoms with E-state index in [0.717, 1.165) is 33.5 Å². The molecule has 2 aromatic carbocycles. The van der Waals surface area contributed by atoms with Crippen LogP contribution < -0.4 is 10.1 Å². The molecular weight excluding hydrogens is 386 g/mol. The molecule has 0 aliphatic carbocycles. The minimum Gasteiger partial charge on any atom is -0.495 e. The molecule has 31 heavy (non-hydrogen) atoms. The molecule has 2 N–H and O–H groups in total. The van der Waals surface area contributed by atoms with Crippen LogP contribution in [0.2, 0.25) is 0 Å². The highest BCUT2D eigenvalue weighted by atomic mass is 16.5. The molecule has 4 rings (SSSR count). The molecule has 0 aliphatic heterocycles. The molecule has 2 heterocycles. The van der Waals surface area contributed by atoms with Crippen molar-refractivity contribution >= 4 is 28.1 Å². The summed E-state index contributed by atoms with van der Waals surface area (Å²) in [6.07, 6.45) is 9.08. The Hall–Kier alpha value is -4.19. The lowest BCUT2D eigenvalue weighted by Crippen LogP contribution is -1.99. The van der Waals surface area contributed by atoms with Crippen molar-refractivity contribution in [1.82, 2.24) is 20.2 Å². The number of aromatic amines is 1. The number of rotatable bonds is 7. The highest BCUT2D eigenvalue weighted by Gasteiger charge is 2.16. The summed E-state index contributed by atoms with van der Waals surface area (Å²) in [6.45, 7) is 5.72. The molecule has 0 atom stereocenters. The highest BCUT2D eigenvalue weighted by molar-refractivity contribution is 5.99. The number of nitrogens with zero attached hydrogens (tertiary/aromatic N) is 3. The van der Waals surface area contributed by atoms with Crippen molar-refractivity contribution in [3.05, 3.63) is 91.4 Å². The smallest absolute Gasteiger partial charge is 0.186 e. The van der Waals surface area contributed by atoms with Crippen LogP contribution in [-0.4, -0.2) is 27.3 Å². The maximum absolute atomic E-state index is 5.59. The van der Waals surface area contributed by atoms with Gasteiger partial charge in [0.2, 0.25) is 0 Å². The lowest BCUT2D eigenvalue weighted by molar-refractivity contribution is 0.417. The van der Waals surface area contributed by atoms with Crippen molar-refractivity contribution in [3.8, 4) is 16.9 Å². The molecule has 4 aromatic rings. The third-order valence-corrected chi connectivity index (χ3v) is 4.92. The quantitative estimate of drug-likeness (QED) is 0.371. The van der Waals surface area contributed by atoms with Crippen LogP contribution in [0, 0.1) is 0 Å². The largest absolute Gasteiger partial charge is 0.495 e. The first-order chi connectivity index (χ1) is 15.2. The minimum atomic E-state index is 0.581. The van der Waals surface area contributed by atoms with Gasteiger partial charge in [0.25, 0.3) is 0 Å². The number of hydrogen-bond donors (Lipinski definition) is 2. The van der Waals surface area contributed by atoms with E-state index in [1.54, 1.807) is 13.2 Å². The molecule has 2 aromatic heterocycles. The van der Waals surface area contributed by atoms with Crippen LogP contribution in [0.15, 0.2) is 85.7 Å². The lowest BCUT2D eigenvalue weighted by Gasteiger charge is -2.13. The standard InChI is InChI=1S/C25H23N5O/c1-4-6-10-17(5-2)23-22-24(26-16-27-25(22)30-29-23)28-20-15-19(13-14-21(20)31-3)18-11-8-7-9-12-18/h4-16H,1H2,2-3H3,(H2,26,27,28,29,30)/b10-6-,17-5+. The van der Waals surface area contributed by atoms with Gasteiger partial charge in [-0.05, 0) is 35.8 Å². The maximum atomic E-state index is 5.59. The normalized spacial score (nSPS) is 11.7. The fraction of sp³-hybridized carbons (Fsp3) is 0.0800. The van der Waals surface area contributed by atoms with Crippen LogP contribution in [0.25, 0.3) is 27.7 Å². The predicted molar refractivity (Wildman–Crippen MR) is 126 cm³/mol. The van der Waals surface area contributed by atoms with E-state index in [1.807, 2.05) is 55.5 Å².